The van der Waals surface area contributed by atoms with Crippen molar-refractivity contribution in [2.75, 3.05) is 54.1 Å². The number of quaternary nitrogens is 1. The molecule has 4 aromatic rings. The smallest absolute Gasteiger partial charge is 0.456 e. The van der Waals surface area contributed by atoms with E-state index in [9.17, 15) is 53.2 Å². The third kappa shape index (κ3) is 22.1. The molecule has 12 atom stereocenters. The minimum atomic E-state index is -3.98. The fourth-order valence-electron chi connectivity index (χ4n) is 15.7. The van der Waals surface area contributed by atoms with Crippen molar-refractivity contribution in [3.05, 3.63) is 154 Å². The summed E-state index contributed by atoms with van der Waals surface area (Å²) in [5, 5.41) is 31.8. The molecule has 0 spiro atoms. The van der Waals surface area contributed by atoms with Crippen molar-refractivity contribution >= 4 is 55.3 Å². The number of rotatable bonds is 41. The van der Waals surface area contributed by atoms with Crippen LogP contribution in [0.25, 0.3) is 0 Å². The number of nitrogens with one attached hydrogen (secondary N) is 2. The minimum absolute atomic E-state index is 0.0185. The Kier molecular flexibility index (Phi) is 30.6. The number of unbranched alkanes of at least 4 members (excludes halogenated alkanes) is 15. The number of esters is 4. The number of ether oxygens (including phenoxy) is 6. The molecule has 24 heteroatoms. The monoisotopic (exact) mass is 1490 g/mol. The number of alkyl carbamates (subject to hydrolysis) is 1. The summed E-state index contributed by atoms with van der Waals surface area (Å²) in [6.45, 7) is 8.87. The molecule has 4 aromatic carbocycles. The lowest BCUT2D eigenvalue weighted by molar-refractivity contribution is -0.870. The maximum Gasteiger partial charge on any atom is 0.472 e. The molecule has 5 N–H and O–H groups in total. The van der Waals surface area contributed by atoms with E-state index < -0.39 is 133 Å². The number of hydrogen-bond acceptors (Lipinski definition) is 19. The summed E-state index contributed by atoms with van der Waals surface area (Å²) < 4.78 is 60.6. The number of phosphoric acid groups is 1. The molecule has 1 heterocycles. The molecule has 2 saturated carbocycles. The van der Waals surface area contributed by atoms with Crippen molar-refractivity contribution in [1.29, 1.82) is 0 Å². The third-order valence-electron chi connectivity index (χ3n) is 21.7. The number of aryl methyl sites for hydroxylation is 1. The Morgan fingerprint density at radius 3 is 1.75 bits per heavy atom. The number of ketones is 2. The number of aliphatic hydroxyl groups is 2. The molecule has 1 saturated heterocycles. The fourth-order valence-corrected chi connectivity index (χ4v) is 16.4. The van der Waals surface area contributed by atoms with Gasteiger partial charge in [0.1, 0.15) is 49.0 Å². The van der Waals surface area contributed by atoms with Gasteiger partial charge in [0.05, 0.1) is 57.3 Å². The lowest BCUT2D eigenvalue weighted by Gasteiger charge is -2.67. The van der Waals surface area contributed by atoms with Crippen LogP contribution in [0.3, 0.4) is 0 Å². The van der Waals surface area contributed by atoms with Crippen LogP contribution in [0.1, 0.15) is 213 Å². The summed E-state index contributed by atoms with van der Waals surface area (Å²) in [6, 6.07) is 30.9. The van der Waals surface area contributed by atoms with E-state index >= 15 is 4.79 Å². The van der Waals surface area contributed by atoms with Crippen LogP contribution in [0.2, 0.25) is 0 Å². The van der Waals surface area contributed by atoms with Gasteiger partial charge < -0.3 is 58.6 Å². The third-order valence-corrected chi connectivity index (χ3v) is 22.7. The van der Waals surface area contributed by atoms with E-state index in [2.05, 4.69) is 22.8 Å². The van der Waals surface area contributed by atoms with Crippen molar-refractivity contribution in [3.8, 4) is 0 Å². The van der Waals surface area contributed by atoms with Crippen LogP contribution in [0, 0.1) is 16.7 Å². The van der Waals surface area contributed by atoms with Gasteiger partial charge in [0.15, 0.2) is 23.6 Å². The van der Waals surface area contributed by atoms with E-state index in [1.807, 2.05) is 33.3 Å². The van der Waals surface area contributed by atoms with Crippen LogP contribution < -0.4 is 10.6 Å². The highest BCUT2D eigenvalue weighted by molar-refractivity contribution is 7.47. The zero-order valence-electron chi connectivity index (χ0n) is 63.4. The molecule has 23 nitrogen and oxygen atoms in total. The molecular weight excluding hydrogens is 1380 g/mol. The van der Waals surface area contributed by atoms with Gasteiger partial charge in [-0.25, -0.2) is 18.9 Å². The predicted molar refractivity (Wildman–Crippen MR) is 397 cm³/mol. The van der Waals surface area contributed by atoms with Gasteiger partial charge in [-0.2, -0.15) is 0 Å². The quantitative estimate of drug-likeness (QED) is 0.00688. The van der Waals surface area contributed by atoms with Crippen LogP contribution in [-0.4, -0.2) is 169 Å². The average molecular weight is 1490 g/mol. The molecule has 2 bridgehead atoms. The molecule has 2 unspecified atom stereocenters. The summed E-state index contributed by atoms with van der Waals surface area (Å²) in [5.74, 6) is -7.33. The Balaban J connectivity index is 0.858. The number of amides is 2. The lowest BCUT2D eigenvalue weighted by atomic mass is 9.44. The summed E-state index contributed by atoms with van der Waals surface area (Å²) in [5.41, 5.74) is -5.71. The largest absolute Gasteiger partial charge is 0.472 e. The predicted octanol–water partition coefficient (Wildman–Crippen LogP) is 12.7. The van der Waals surface area contributed by atoms with Gasteiger partial charge in [0.25, 0.3) is 5.91 Å². The van der Waals surface area contributed by atoms with Crippen molar-refractivity contribution in [2.45, 2.75) is 237 Å². The van der Waals surface area contributed by atoms with Crippen LogP contribution in [-0.2, 0) is 78.8 Å². The standard InChI is InChI=1S/C82H112N3O20P/c1-56-65(102-77(93)70(89)69(61-37-28-24-29-38-61)84-75(91)62-39-30-25-31-40-62)54-82(95)74(104-76(92)63-41-32-26-33-42-63)72-80(6,73(90)71(101-57(2)86)68(56)79(82,4)5)66(53-67-81(72,55-98-67)105-58(3)87)103-78(94)83-48-35-43-64(88)52-60-46-44-59(45-47-60)36-27-22-20-18-16-14-12-10-11-13-15-17-19-21-23-34-50-99-106(96,97)100-51-49-85(7,8)9/h24-26,28-33,37-42,44-47,65-67,69-72,74,89,95H,10-23,27,34-36,43,48-55H2,1-9H3,(H2-,83,84,91,94,96,97)/p+1/t65?,66-,67+,69-,70+,71+,72-,74-,80+,81-,82+/m0/s1. The van der Waals surface area contributed by atoms with Gasteiger partial charge >= 0.3 is 37.8 Å². The summed E-state index contributed by atoms with van der Waals surface area (Å²) in [7, 11) is 2.00. The van der Waals surface area contributed by atoms with Crippen molar-refractivity contribution in [3.63, 3.8) is 0 Å². The molecule has 580 valence electrons. The van der Waals surface area contributed by atoms with Crippen molar-refractivity contribution in [1.82, 2.24) is 10.6 Å². The first-order valence-electron chi connectivity index (χ1n) is 37.9. The van der Waals surface area contributed by atoms with E-state index in [1.54, 1.807) is 92.7 Å². The summed E-state index contributed by atoms with van der Waals surface area (Å²) in [4.78, 5) is 124. The molecule has 0 aromatic heterocycles. The molecule has 0 radical (unpaired) electrons. The van der Waals surface area contributed by atoms with Crippen molar-refractivity contribution < 1.29 is 100.0 Å². The Morgan fingerprint density at radius 1 is 0.660 bits per heavy atom. The lowest BCUT2D eigenvalue weighted by Crippen LogP contribution is -2.82. The maximum atomic E-state index is 16.5. The highest BCUT2D eigenvalue weighted by atomic mass is 31.2. The van der Waals surface area contributed by atoms with Crippen molar-refractivity contribution in [2.24, 2.45) is 16.7 Å². The molecule has 3 aliphatic carbocycles. The first-order chi connectivity index (χ1) is 50.4. The minimum Gasteiger partial charge on any atom is -0.456 e. The molecular formula is C82H113N3O20P+. The Morgan fingerprint density at radius 2 is 1.20 bits per heavy atom. The highest BCUT2D eigenvalue weighted by Gasteiger charge is 2.79. The van der Waals surface area contributed by atoms with Crippen LogP contribution in [0.5, 0.6) is 0 Å². The van der Waals surface area contributed by atoms with Gasteiger partial charge in [0, 0.05) is 57.1 Å². The second-order valence-corrected chi connectivity index (χ2v) is 32.3. The second kappa shape index (κ2) is 38.6. The number of Topliss-reactive ketones (excluding diaryl/α,β-unsaturated/α-hetero) is 2. The number of benzene rings is 4. The first kappa shape index (κ1) is 84.2. The number of hydrogen-bond donors (Lipinski definition) is 5. The Labute approximate surface area is 624 Å². The van der Waals surface area contributed by atoms with Gasteiger partial charge in [0.2, 0.25) is 0 Å². The SMILES string of the molecule is CC(=O)O[C@H]1C(=O)[C@]2(C)[C@@H](OC(=O)NCCCC(=O)Cc3ccc(CCCCCCCCCCCCCCCCCCOP(=O)(O)OCC[N+](C)(C)C)cc3)C[C@H]3OC[C@@]3(OC(C)=O)[C@H]2[C@H](OC(=O)c2ccccc2)[C@]2(O)CC(OC(=O)[C@H](O)[C@@H](NC(=O)c3ccccc3)c3ccccc3)C(C)=C1C2(C)C. The van der Waals surface area contributed by atoms with E-state index in [0.29, 0.717) is 16.6 Å². The van der Waals surface area contributed by atoms with Gasteiger partial charge in [-0.3, -0.25) is 33.0 Å². The summed E-state index contributed by atoms with van der Waals surface area (Å²) >= 11 is 0. The Bertz CT molecular complexity index is 3680. The molecule has 106 heavy (non-hydrogen) atoms. The van der Waals surface area contributed by atoms with Crippen LogP contribution >= 0.6 is 7.82 Å². The highest BCUT2D eigenvalue weighted by Crippen LogP contribution is 2.65. The number of carbonyl (C=O) groups is 8. The van der Waals surface area contributed by atoms with E-state index in [4.69, 9.17) is 37.5 Å². The zero-order valence-corrected chi connectivity index (χ0v) is 64.3. The Hall–Kier alpha value is -7.47. The molecule has 4 aliphatic rings. The van der Waals surface area contributed by atoms with E-state index in [-0.39, 0.29) is 73.5 Å². The molecule has 3 fully saturated rings. The van der Waals surface area contributed by atoms with E-state index in [0.717, 1.165) is 57.9 Å². The summed E-state index contributed by atoms with van der Waals surface area (Å²) in [6.07, 6.45) is 8.04. The number of carbonyl (C=O) groups excluding carboxylic acids is 8. The first-order valence-corrected chi connectivity index (χ1v) is 39.4. The fraction of sp³-hybridized carbons (Fsp3) is 0.585. The van der Waals surface area contributed by atoms with Gasteiger partial charge in [-0.1, -0.05) is 195 Å². The van der Waals surface area contributed by atoms with Gasteiger partial charge in [-0.15, -0.1) is 0 Å². The number of phosphoric ester groups is 1. The maximum absolute atomic E-state index is 16.5. The zero-order chi connectivity index (χ0) is 76.9. The molecule has 1 aliphatic heterocycles. The van der Waals surface area contributed by atoms with Crippen LogP contribution in [0.4, 0.5) is 4.79 Å². The number of likely N-dealkylation sites (N-methyl/N-ethyl adjacent to an activating group) is 1. The molecule has 2 amide bonds. The number of nitrogens with zero attached hydrogens (tertiary/aromatic N) is 1. The van der Waals surface area contributed by atoms with Crippen LogP contribution in [0.15, 0.2) is 126 Å². The average Bonchev–Trinajstić information content (AvgIpc) is 0.667. The topological polar surface area (TPSA) is 312 Å². The normalized spacial score (nSPS) is 24.2. The van der Waals surface area contributed by atoms with Gasteiger partial charge in [-0.05, 0) is 91.6 Å². The number of fused-ring (bicyclic) bond motifs is 5. The van der Waals surface area contributed by atoms with E-state index in [1.165, 1.54) is 102 Å². The molecule has 8 rings (SSSR count). The number of aliphatic hydroxyl groups excluding tert-OH is 1. The second-order valence-electron chi connectivity index (χ2n) is 30.9.